The number of furan rings is 1. The number of aryl methyl sites for hydroxylation is 1. The molecule has 0 aliphatic heterocycles. The van der Waals surface area contributed by atoms with Gasteiger partial charge in [-0.15, -0.1) is 0 Å². The van der Waals surface area contributed by atoms with Gasteiger partial charge >= 0.3 is 5.97 Å². The number of ether oxygens (including phenoxy) is 1. The van der Waals surface area contributed by atoms with Crippen molar-refractivity contribution in [2.75, 3.05) is 27.7 Å². The molecule has 0 aromatic carbocycles. The van der Waals surface area contributed by atoms with Crippen LogP contribution >= 0.6 is 0 Å². The van der Waals surface area contributed by atoms with Gasteiger partial charge in [-0.3, -0.25) is 4.79 Å². The molecule has 0 spiro atoms. The van der Waals surface area contributed by atoms with E-state index in [0.29, 0.717) is 12.3 Å². The van der Waals surface area contributed by atoms with Crippen LogP contribution in [0.25, 0.3) is 0 Å². The molecule has 1 heterocycles. The van der Waals surface area contributed by atoms with Crippen molar-refractivity contribution in [3.8, 4) is 0 Å². The molecule has 0 saturated carbocycles. The SMILES string of the molecule is COC(=O)C(CN(C)C)c1ccc(C)o1. The average molecular weight is 211 g/mol. The Balaban J connectivity index is 2.85. The number of esters is 1. The molecule has 4 nitrogen and oxygen atoms in total. The molecular formula is C11H17NO3. The van der Waals surface area contributed by atoms with Crippen molar-refractivity contribution >= 4 is 5.97 Å². The normalized spacial score (nSPS) is 12.9. The van der Waals surface area contributed by atoms with Crippen molar-refractivity contribution in [3.63, 3.8) is 0 Å². The Morgan fingerprint density at radius 2 is 2.20 bits per heavy atom. The van der Waals surface area contributed by atoms with Crippen molar-refractivity contribution in [1.29, 1.82) is 0 Å². The molecule has 1 atom stereocenters. The van der Waals surface area contributed by atoms with E-state index in [1.807, 2.05) is 38.1 Å². The van der Waals surface area contributed by atoms with Crippen molar-refractivity contribution in [2.24, 2.45) is 0 Å². The number of hydrogen-bond acceptors (Lipinski definition) is 4. The minimum Gasteiger partial charge on any atom is -0.468 e. The van der Waals surface area contributed by atoms with Gasteiger partial charge in [0, 0.05) is 6.54 Å². The fourth-order valence-electron chi connectivity index (χ4n) is 1.43. The van der Waals surface area contributed by atoms with Crippen molar-refractivity contribution in [3.05, 3.63) is 23.7 Å². The molecule has 1 aromatic rings. The summed E-state index contributed by atoms with van der Waals surface area (Å²) in [6.45, 7) is 2.44. The lowest BCUT2D eigenvalue weighted by Gasteiger charge is -2.16. The maximum absolute atomic E-state index is 11.5. The Bertz CT molecular complexity index is 330. The maximum atomic E-state index is 11.5. The minimum atomic E-state index is -0.348. The van der Waals surface area contributed by atoms with Gasteiger partial charge < -0.3 is 14.1 Å². The molecule has 4 heteroatoms. The molecule has 15 heavy (non-hydrogen) atoms. The molecule has 0 aliphatic carbocycles. The number of nitrogens with zero attached hydrogens (tertiary/aromatic N) is 1. The van der Waals surface area contributed by atoms with Gasteiger partial charge in [0.1, 0.15) is 17.4 Å². The monoisotopic (exact) mass is 211 g/mol. The Hall–Kier alpha value is -1.29. The third kappa shape index (κ3) is 3.09. The van der Waals surface area contributed by atoms with Gasteiger partial charge in [-0.2, -0.15) is 0 Å². The topological polar surface area (TPSA) is 42.7 Å². The summed E-state index contributed by atoms with van der Waals surface area (Å²) in [7, 11) is 5.21. The molecule has 0 aliphatic rings. The lowest BCUT2D eigenvalue weighted by Crippen LogP contribution is -2.26. The lowest BCUT2D eigenvalue weighted by molar-refractivity contribution is -0.143. The van der Waals surface area contributed by atoms with E-state index in [1.165, 1.54) is 7.11 Å². The highest BCUT2D eigenvalue weighted by molar-refractivity contribution is 5.77. The van der Waals surface area contributed by atoms with Gasteiger partial charge in [-0.1, -0.05) is 0 Å². The molecule has 84 valence electrons. The summed E-state index contributed by atoms with van der Waals surface area (Å²) in [6.07, 6.45) is 0. The van der Waals surface area contributed by atoms with Crippen LogP contribution < -0.4 is 0 Å². The predicted molar refractivity (Wildman–Crippen MR) is 56.8 cm³/mol. The van der Waals surface area contributed by atoms with Gasteiger partial charge in [0.2, 0.25) is 0 Å². The van der Waals surface area contributed by atoms with Crippen LogP contribution in [-0.2, 0) is 9.53 Å². The first kappa shape index (κ1) is 11.8. The maximum Gasteiger partial charge on any atom is 0.317 e. The van der Waals surface area contributed by atoms with E-state index < -0.39 is 0 Å². The van der Waals surface area contributed by atoms with E-state index in [2.05, 4.69) is 0 Å². The quantitative estimate of drug-likeness (QED) is 0.706. The molecule has 1 rings (SSSR count). The van der Waals surface area contributed by atoms with Crippen LogP contribution in [0.15, 0.2) is 16.5 Å². The predicted octanol–water partition coefficient (Wildman–Crippen LogP) is 1.41. The first-order valence-corrected chi connectivity index (χ1v) is 4.83. The number of hydrogen-bond donors (Lipinski definition) is 0. The van der Waals surface area contributed by atoms with Crippen molar-refractivity contribution in [2.45, 2.75) is 12.8 Å². The third-order valence-corrected chi connectivity index (χ3v) is 2.14. The molecule has 1 aromatic heterocycles. The van der Waals surface area contributed by atoms with E-state index in [4.69, 9.17) is 9.15 Å². The minimum absolute atomic E-state index is 0.266. The van der Waals surface area contributed by atoms with Gasteiger partial charge in [0.05, 0.1) is 7.11 Å². The smallest absolute Gasteiger partial charge is 0.317 e. The Kier molecular flexibility index (Phi) is 3.91. The second-order valence-electron chi connectivity index (χ2n) is 3.79. The average Bonchev–Trinajstić information content (AvgIpc) is 2.59. The molecule has 0 bridgehead atoms. The summed E-state index contributed by atoms with van der Waals surface area (Å²) < 4.78 is 10.2. The van der Waals surface area contributed by atoms with E-state index >= 15 is 0 Å². The van der Waals surface area contributed by atoms with E-state index in [0.717, 1.165) is 5.76 Å². The zero-order valence-corrected chi connectivity index (χ0v) is 9.61. The highest BCUT2D eigenvalue weighted by atomic mass is 16.5. The number of rotatable bonds is 4. The van der Waals surface area contributed by atoms with Crippen LogP contribution in [0.2, 0.25) is 0 Å². The zero-order valence-electron chi connectivity index (χ0n) is 9.61. The van der Waals surface area contributed by atoms with Crippen LogP contribution in [-0.4, -0.2) is 38.6 Å². The van der Waals surface area contributed by atoms with Gasteiger partial charge in [-0.05, 0) is 33.2 Å². The number of carbonyl (C=O) groups excluding carboxylic acids is 1. The summed E-state index contributed by atoms with van der Waals surface area (Å²) in [5.41, 5.74) is 0. The lowest BCUT2D eigenvalue weighted by atomic mass is 10.1. The number of likely N-dealkylation sites (N-methyl/N-ethyl adjacent to an activating group) is 1. The zero-order chi connectivity index (χ0) is 11.4. The molecule has 0 N–H and O–H groups in total. The Labute approximate surface area is 89.8 Å². The van der Waals surface area contributed by atoms with Gasteiger partial charge in [-0.25, -0.2) is 0 Å². The number of carbonyl (C=O) groups is 1. The Morgan fingerprint density at radius 1 is 1.53 bits per heavy atom. The highest BCUT2D eigenvalue weighted by Gasteiger charge is 2.25. The molecule has 0 amide bonds. The van der Waals surface area contributed by atoms with Gasteiger partial charge in [0.25, 0.3) is 0 Å². The van der Waals surface area contributed by atoms with E-state index in [1.54, 1.807) is 0 Å². The summed E-state index contributed by atoms with van der Waals surface area (Å²) >= 11 is 0. The molecular weight excluding hydrogens is 194 g/mol. The van der Waals surface area contributed by atoms with Crippen LogP contribution in [0.5, 0.6) is 0 Å². The third-order valence-electron chi connectivity index (χ3n) is 2.14. The summed E-state index contributed by atoms with van der Waals surface area (Å²) in [6, 6.07) is 3.67. The van der Waals surface area contributed by atoms with Crippen LogP contribution in [0.3, 0.4) is 0 Å². The molecule has 0 fully saturated rings. The first-order valence-electron chi connectivity index (χ1n) is 4.83. The second kappa shape index (κ2) is 4.98. The summed E-state index contributed by atoms with van der Waals surface area (Å²) in [4.78, 5) is 13.5. The van der Waals surface area contributed by atoms with Crippen LogP contribution in [0, 0.1) is 6.92 Å². The van der Waals surface area contributed by atoms with Crippen molar-refractivity contribution < 1.29 is 13.9 Å². The van der Waals surface area contributed by atoms with Crippen LogP contribution in [0.1, 0.15) is 17.4 Å². The molecule has 1 unspecified atom stereocenters. The summed E-state index contributed by atoms with van der Waals surface area (Å²) in [5, 5.41) is 0. The number of methoxy groups -OCH3 is 1. The van der Waals surface area contributed by atoms with E-state index in [-0.39, 0.29) is 11.9 Å². The first-order chi connectivity index (χ1) is 7.04. The largest absolute Gasteiger partial charge is 0.468 e. The molecule has 0 radical (unpaired) electrons. The highest BCUT2D eigenvalue weighted by Crippen LogP contribution is 2.20. The van der Waals surface area contributed by atoms with E-state index in [9.17, 15) is 4.79 Å². The summed E-state index contributed by atoms with van der Waals surface area (Å²) in [5.74, 6) is 0.849. The fraction of sp³-hybridized carbons (Fsp3) is 0.545. The van der Waals surface area contributed by atoms with Crippen LogP contribution in [0.4, 0.5) is 0 Å². The fourth-order valence-corrected chi connectivity index (χ4v) is 1.43. The standard InChI is InChI=1S/C11H17NO3/c1-8-5-6-10(15-8)9(7-12(2)3)11(13)14-4/h5-6,9H,7H2,1-4H3. The second-order valence-corrected chi connectivity index (χ2v) is 3.79. The Morgan fingerprint density at radius 3 is 2.60 bits per heavy atom. The molecule has 0 saturated heterocycles. The van der Waals surface area contributed by atoms with Gasteiger partial charge in [0.15, 0.2) is 0 Å². The van der Waals surface area contributed by atoms with Crippen molar-refractivity contribution in [1.82, 2.24) is 4.90 Å².